The van der Waals surface area contributed by atoms with Crippen molar-refractivity contribution in [1.82, 2.24) is 9.55 Å². The molecule has 1 heterocycles. The minimum atomic E-state index is 0.345. The summed E-state index contributed by atoms with van der Waals surface area (Å²) in [5.74, 6) is 0.852. The van der Waals surface area contributed by atoms with Crippen LogP contribution in [0.3, 0.4) is 0 Å². The zero-order valence-electron chi connectivity index (χ0n) is 6.53. The van der Waals surface area contributed by atoms with E-state index in [0.717, 1.165) is 0 Å². The fourth-order valence-corrected chi connectivity index (χ4v) is 1.14. The molecular formula is C7H10N4S. The zero-order chi connectivity index (χ0) is 9.14. The van der Waals surface area contributed by atoms with Crippen LogP contribution in [0, 0.1) is 4.77 Å². The maximum atomic E-state index is 5.64. The van der Waals surface area contributed by atoms with Gasteiger partial charge in [-0.1, -0.05) is 6.08 Å². The van der Waals surface area contributed by atoms with Crippen LogP contribution in [0.15, 0.2) is 18.7 Å². The first kappa shape index (κ1) is 8.73. The van der Waals surface area contributed by atoms with Gasteiger partial charge in [-0.25, -0.2) is 4.98 Å². The summed E-state index contributed by atoms with van der Waals surface area (Å²) in [6, 6.07) is 1.57. The molecule has 1 aromatic rings. The predicted octanol–water partition coefficient (Wildman–Crippen LogP) is 0.963. The second-order valence-electron chi connectivity index (χ2n) is 2.29. The Kier molecular flexibility index (Phi) is 2.44. The van der Waals surface area contributed by atoms with Crippen molar-refractivity contribution in [2.45, 2.75) is 6.54 Å². The first-order chi connectivity index (χ1) is 5.65. The zero-order valence-corrected chi connectivity index (χ0v) is 7.34. The average Bonchev–Trinajstić information content (AvgIpc) is 1.96. The van der Waals surface area contributed by atoms with Crippen molar-refractivity contribution in [3.63, 3.8) is 0 Å². The average molecular weight is 182 g/mol. The molecule has 0 saturated heterocycles. The number of aromatic nitrogens is 2. The van der Waals surface area contributed by atoms with Crippen LogP contribution in [0.1, 0.15) is 0 Å². The number of nitrogens with two attached hydrogens (primary N) is 2. The van der Waals surface area contributed by atoms with E-state index < -0.39 is 0 Å². The summed E-state index contributed by atoms with van der Waals surface area (Å²) in [4.78, 5) is 3.88. The Labute approximate surface area is 75.5 Å². The number of nitrogen functional groups attached to an aromatic ring is 2. The van der Waals surface area contributed by atoms with Gasteiger partial charge in [0.2, 0.25) is 4.77 Å². The van der Waals surface area contributed by atoms with Crippen LogP contribution in [0.25, 0.3) is 0 Å². The molecule has 0 fully saturated rings. The number of anilines is 2. The fraction of sp³-hybridized carbons (Fsp3) is 0.143. The lowest BCUT2D eigenvalue weighted by Gasteiger charge is -2.07. The Balaban J connectivity index is 3.28. The number of hydrogen-bond acceptors (Lipinski definition) is 4. The van der Waals surface area contributed by atoms with E-state index in [-0.39, 0.29) is 0 Å². The summed E-state index contributed by atoms with van der Waals surface area (Å²) >= 11 is 4.94. The van der Waals surface area contributed by atoms with Gasteiger partial charge in [0.15, 0.2) is 0 Å². The SMILES string of the molecule is C=CCn1c(N)cc(N)nc1=S. The number of allylic oxidation sites excluding steroid dienone is 1. The van der Waals surface area contributed by atoms with Gasteiger partial charge in [-0.2, -0.15) is 0 Å². The summed E-state index contributed by atoms with van der Waals surface area (Å²) in [6.45, 7) is 4.13. The second-order valence-corrected chi connectivity index (χ2v) is 2.65. The van der Waals surface area contributed by atoms with Crippen LogP contribution in [0.4, 0.5) is 11.6 Å². The van der Waals surface area contributed by atoms with Gasteiger partial charge in [-0.3, -0.25) is 4.57 Å². The topological polar surface area (TPSA) is 69.9 Å². The maximum absolute atomic E-state index is 5.64. The molecule has 4 N–H and O–H groups in total. The van der Waals surface area contributed by atoms with Crippen LogP contribution in [-0.2, 0) is 6.54 Å². The third-order valence-electron chi connectivity index (χ3n) is 1.37. The first-order valence-corrected chi connectivity index (χ1v) is 3.79. The Bertz CT molecular complexity index is 355. The van der Waals surface area contributed by atoms with E-state index in [0.29, 0.717) is 23.0 Å². The molecule has 1 rings (SSSR count). The van der Waals surface area contributed by atoms with Gasteiger partial charge in [0.25, 0.3) is 0 Å². The van der Waals surface area contributed by atoms with Crippen molar-refractivity contribution in [2.75, 3.05) is 11.5 Å². The van der Waals surface area contributed by atoms with Gasteiger partial charge >= 0.3 is 0 Å². The quantitative estimate of drug-likeness (QED) is 0.528. The van der Waals surface area contributed by atoms with E-state index in [1.54, 1.807) is 16.7 Å². The van der Waals surface area contributed by atoms with E-state index in [1.165, 1.54) is 0 Å². The van der Waals surface area contributed by atoms with E-state index in [1.807, 2.05) is 0 Å². The summed E-state index contributed by atoms with van der Waals surface area (Å²) in [6.07, 6.45) is 1.70. The Hall–Kier alpha value is -1.36. The van der Waals surface area contributed by atoms with Crippen molar-refractivity contribution in [2.24, 2.45) is 0 Å². The summed E-state index contributed by atoms with van der Waals surface area (Å²) < 4.78 is 2.03. The largest absolute Gasteiger partial charge is 0.385 e. The maximum Gasteiger partial charge on any atom is 0.203 e. The predicted molar refractivity (Wildman–Crippen MR) is 52.1 cm³/mol. The molecule has 64 valence electrons. The van der Waals surface area contributed by atoms with Crippen LogP contribution in [0.5, 0.6) is 0 Å². The molecule has 12 heavy (non-hydrogen) atoms. The molecule has 1 aromatic heterocycles. The Morgan fingerprint density at radius 3 is 2.83 bits per heavy atom. The van der Waals surface area contributed by atoms with Crippen LogP contribution < -0.4 is 11.5 Å². The molecule has 0 bridgehead atoms. The van der Waals surface area contributed by atoms with Crippen molar-refractivity contribution in [1.29, 1.82) is 0 Å². The van der Waals surface area contributed by atoms with E-state index in [2.05, 4.69) is 11.6 Å². The van der Waals surface area contributed by atoms with Gasteiger partial charge < -0.3 is 11.5 Å². The van der Waals surface area contributed by atoms with Gasteiger partial charge in [0.05, 0.1) is 0 Å². The lowest BCUT2D eigenvalue weighted by Crippen LogP contribution is -2.08. The highest BCUT2D eigenvalue weighted by atomic mass is 32.1. The molecule has 0 unspecified atom stereocenters. The molecule has 0 aliphatic rings. The van der Waals surface area contributed by atoms with E-state index in [9.17, 15) is 0 Å². The molecule has 0 saturated carbocycles. The number of hydrogen-bond donors (Lipinski definition) is 2. The normalized spacial score (nSPS) is 9.67. The van der Waals surface area contributed by atoms with Gasteiger partial charge in [-0.15, -0.1) is 6.58 Å². The third kappa shape index (κ3) is 1.62. The minimum absolute atomic E-state index is 0.345. The van der Waals surface area contributed by atoms with Crippen LogP contribution >= 0.6 is 12.2 Å². The third-order valence-corrected chi connectivity index (χ3v) is 1.69. The van der Waals surface area contributed by atoms with E-state index >= 15 is 0 Å². The number of nitrogens with zero attached hydrogens (tertiary/aromatic N) is 2. The van der Waals surface area contributed by atoms with Crippen molar-refractivity contribution in [3.8, 4) is 0 Å². The van der Waals surface area contributed by atoms with Crippen LogP contribution in [-0.4, -0.2) is 9.55 Å². The van der Waals surface area contributed by atoms with Crippen molar-refractivity contribution >= 4 is 23.9 Å². The van der Waals surface area contributed by atoms with Gasteiger partial charge in [0.1, 0.15) is 11.6 Å². The molecule has 0 amide bonds. The van der Waals surface area contributed by atoms with Crippen LogP contribution in [0.2, 0.25) is 0 Å². The highest BCUT2D eigenvalue weighted by Crippen LogP contribution is 2.07. The van der Waals surface area contributed by atoms with Crippen molar-refractivity contribution < 1.29 is 0 Å². The summed E-state index contributed by atoms with van der Waals surface area (Å²) in [5, 5.41) is 0. The lowest BCUT2D eigenvalue weighted by molar-refractivity contribution is 0.786. The highest BCUT2D eigenvalue weighted by molar-refractivity contribution is 7.71. The molecule has 0 aromatic carbocycles. The smallest absolute Gasteiger partial charge is 0.203 e. The molecule has 0 spiro atoms. The molecule has 4 nitrogen and oxygen atoms in total. The monoisotopic (exact) mass is 182 g/mol. The Morgan fingerprint density at radius 1 is 1.67 bits per heavy atom. The number of rotatable bonds is 2. The molecule has 0 aliphatic carbocycles. The van der Waals surface area contributed by atoms with E-state index in [4.69, 9.17) is 23.7 Å². The van der Waals surface area contributed by atoms with Gasteiger partial charge in [0, 0.05) is 12.6 Å². The summed E-state index contributed by atoms with van der Waals surface area (Å²) in [7, 11) is 0. The minimum Gasteiger partial charge on any atom is -0.385 e. The molecule has 0 radical (unpaired) electrons. The standard InChI is InChI=1S/C7H10N4S/c1-2-3-11-6(9)4-5(8)10-7(11)12/h2,4H,1,3,9H2,(H2,8,10,12). The molecular weight excluding hydrogens is 172 g/mol. The second kappa shape index (κ2) is 3.36. The Morgan fingerprint density at radius 2 is 2.33 bits per heavy atom. The molecule has 5 heteroatoms. The van der Waals surface area contributed by atoms with Crippen molar-refractivity contribution in [3.05, 3.63) is 23.5 Å². The van der Waals surface area contributed by atoms with Gasteiger partial charge in [-0.05, 0) is 12.2 Å². The molecule has 0 atom stereocenters. The summed E-state index contributed by atoms with van der Waals surface area (Å²) in [5.41, 5.74) is 11.1. The highest BCUT2D eigenvalue weighted by Gasteiger charge is 1.97. The fourth-order valence-electron chi connectivity index (χ4n) is 0.856. The lowest BCUT2D eigenvalue weighted by atomic mass is 10.5. The first-order valence-electron chi connectivity index (χ1n) is 3.39. The molecule has 0 aliphatic heterocycles.